The maximum absolute atomic E-state index is 11.2. The number of aliphatic hydroxyl groups excluding tert-OH is 13. The molecule has 316 valence electrons. The summed E-state index contributed by atoms with van der Waals surface area (Å²) in [6.45, 7) is 0.173. The molecule has 0 saturated carbocycles. The largest absolute Gasteiger partial charge is 0.394 e. The zero-order valence-corrected chi connectivity index (χ0v) is 29.2. The van der Waals surface area contributed by atoms with E-state index in [0.717, 1.165) is 0 Å². The average molecular weight is 795 g/mol. The lowest BCUT2D eigenvalue weighted by Crippen LogP contribution is -2.71. The molecule has 0 aromatic carbocycles. The van der Waals surface area contributed by atoms with E-state index in [-0.39, 0.29) is 0 Å². The van der Waals surface area contributed by atoms with E-state index in [4.69, 9.17) is 54.1 Å². The summed E-state index contributed by atoms with van der Waals surface area (Å²) in [5.41, 5.74) is 12.6. The van der Waals surface area contributed by atoms with Crippen LogP contribution >= 0.6 is 0 Å². The molecule has 25 atom stereocenters. The molecule has 5 heterocycles. The van der Waals surface area contributed by atoms with Gasteiger partial charge in [0.25, 0.3) is 0 Å². The Morgan fingerprint density at radius 2 is 0.833 bits per heavy atom. The van der Waals surface area contributed by atoms with Crippen LogP contribution in [0.3, 0.4) is 0 Å². The van der Waals surface area contributed by atoms with E-state index in [1.165, 1.54) is 13.8 Å². The Balaban J connectivity index is 1.47. The number of hydrogen-bond donors (Lipinski definition) is 15. The van der Waals surface area contributed by atoms with Crippen LogP contribution in [-0.2, 0) is 42.6 Å². The number of nitrogens with two attached hydrogens (primary N) is 2. The van der Waals surface area contributed by atoms with Crippen LogP contribution in [0, 0.1) is 0 Å². The molecule has 5 fully saturated rings. The van der Waals surface area contributed by atoms with Crippen molar-refractivity contribution in [1.82, 2.24) is 0 Å². The van der Waals surface area contributed by atoms with Gasteiger partial charge in [0, 0.05) is 0 Å². The summed E-state index contributed by atoms with van der Waals surface area (Å²) >= 11 is 0. The van der Waals surface area contributed by atoms with Gasteiger partial charge in [-0.1, -0.05) is 0 Å². The third kappa shape index (κ3) is 8.72. The fourth-order valence-electron chi connectivity index (χ4n) is 6.98. The second-order valence-electron chi connectivity index (χ2n) is 14.1. The molecule has 5 saturated heterocycles. The van der Waals surface area contributed by atoms with Crippen LogP contribution in [0.5, 0.6) is 0 Å². The Kier molecular flexibility index (Phi) is 15.0. The molecular formula is C30H54N2O22. The molecule has 24 heteroatoms. The number of aliphatic hydroxyl groups is 13. The van der Waals surface area contributed by atoms with Gasteiger partial charge in [0.1, 0.15) is 97.7 Å². The molecule has 5 rings (SSSR count). The van der Waals surface area contributed by atoms with Crippen molar-refractivity contribution < 1.29 is 109 Å². The van der Waals surface area contributed by atoms with Crippen molar-refractivity contribution in [3.8, 4) is 0 Å². The normalized spacial score (nSPS) is 54.7. The predicted octanol–water partition coefficient (Wildman–Crippen LogP) is -9.94. The van der Waals surface area contributed by atoms with E-state index >= 15 is 0 Å². The van der Waals surface area contributed by atoms with E-state index < -0.39 is 173 Å². The Morgan fingerprint density at radius 1 is 0.389 bits per heavy atom. The highest BCUT2D eigenvalue weighted by Gasteiger charge is 2.56. The SMILES string of the molecule is CC1O[C@@H](O[C@H]2C(O[C@@H]3OC(CO)C(O)[C@H](O)C3OC3OC(C)[C@@H](O)C(O)[C@@H]3O)C(CO)O[C@@H](O[C@H]3C(O)C(CO)O[C@H](O)C3N)C2N)C(O)[C@H](O)C1O. The molecule has 15 unspecified atom stereocenters. The van der Waals surface area contributed by atoms with Gasteiger partial charge in [-0.3, -0.25) is 0 Å². The summed E-state index contributed by atoms with van der Waals surface area (Å²) in [5.74, 6) is 0. The lowest BCUT2D eigenvalue weighted by molar-refractivity contribution is -0.395. The molecule has 0 aliphatic carbocycles. The summed E-state index contributed by atoms with van der Waals surface area (Å²) < 4.78 is 51.8. The van der Waals surface area contributed by atoms with Gasteiger partial charge in [-0.25, -0.2) is 0 Å². The Bertz CT molecular complexity index is 1180. The second kappa shape index (κ2) is 18.3. The molecule has 0 radical (unpaired) electrons. The van der Waals surface area contributed by atoms with Gasteiger partial charge in [-0.05, 0) is 13.8 Å². The highest BCUT2D eigenvalue weighted by atomic mass is 16.8. The zero-order chi connectivity index (χ0) is 39.9. The van der Waals surface area contributed by atoms with Crippen molar-refractivity contribution in [2.24, 2.45) is 11.5 Å². The fourth-order valence-corrected chi connectivity index (χ4v) is 6.98. The van der Waals surface area contributed by atoms with Crippen molar-refractivity contribution in [3.05, 3.63) is 0 Å². The zero-order valence-electron chi connectivity index (χ0n) is 29.2. The molecule has 5 aliphatic rings. The fraction of sp³-hybridized carbons (Fsp3) is 1.00. The van der Waals surface area contributed by atoms with Crippen LogP contribution in [0.25, 0.3) is 0 Å². The maximum Gasteiger partial charge on any atom is 0.187 e. The highest BCUT2D eigenvalue weighted by molar-refractivity contribution is 5.00. The first-order valence-corrected chi connectivity index (χ1v) is 17.5. The van der Waals surface area contributed by atoms with Crippen molar-refractivity contribution in [1.29, 1.82) is 0 Å². The van der Waals surface area contributed by atoms with E-state index in [1.807, 2.05) is 0 Å². The van der Waals surface area contributed by atoms with E-state index in [9.17, 15) is 66.4 Å². The third-order valence-corrected chi connectivity index (χ3v) is 10.4. The molecule has 17 N–H and O–H groups in total. The Labute approximate surface area is 307 Å². The molecule has 0 aromatic rings. The first-order valence-electron chi connectivity index (χ1n) is 17.5. The minimum absolute atomic E-state index is 0.756. The molecule has 0 bridgehead atoms. The predicted molar refractivity (Wildman–Crippen MR) is 168 cm³/mol. The van der Waals surface area contributed by atoms with Crippen LogP contribution in [0.2, 0.25) is 0 Å². The maximum atomic E-state index is 11.2. The summed E-state index contributed by atoms with van der Waals surface area (Å²) in [6, 6.07) is -3.02. The van der Waals surface area contributed by atoms with Crippen LogP contribution < -0.4 is 11.5 Å². The average Bonchev–Trinajstić information content (AvgIpc) is 3.15. The Hall–Kier alpha value is -0.960. The van der Waals surface area contributed by atoms with Crippen molar-refractivity contribution in [3.63, 3.8) is 0 Å². The van der Waals surface area contributed by atoms with Crippen LogP contribution in [0.15, 0.2) is 0 Å². The molecule has 5 aliphatic heterocycles. The first kappa shape index (κ1) is 44.1. The summed E-state index contributed by atoms with van der Waals surface area (Å²) in [7, 11) is 0. The summed E-state index contributed by atoms with van der Waals surface area (Å²) in [6.07, 6.45) is -38.1. The monoisotopic (exact) mass is 794 g/mol. The van der Waals surface area contributed by atoms with Crippen LogP contribution in [-0.4, -0.2) is 240 Å². The highest BCUT2D eigenvalue weighted by Crippen LogP contribution is 2.36. The van der Waals surface area contributed by atoms with Gasteiger partial charge in [0.15, 0.2) is 31.5 Å². The second-order valence-corrected chi connectivity index (χ2v) is 14.1. The van der Waals surface area contributed by atoms with Gasteiger partial charge in [-0.15, -0.1) is 0 Å². The van der Waals surface area contributed by atoms with Gasteiger partial charge < -0.3 is 120 Å². The van der Waals surface area contributed by atoms with Crippen molar-refractivity contribution in [2.75, 3.05) is 19.8 Å². The minimum Gasteiger partial charge on any atom is -0.394 e. The topological polar surface area (TPSA) is 398 Å². The molecule has 0 spiro atoms. The molecule has 24 nitrogen and oxygen atoms in total. The lowest BCUT2D eigenvalue weighted by Gasteiger charge is -2.51. The number of ether oxygens (including phenoxy) is 9. The molecule has 0 amide bonds. The van der Waals surface area contributed by atoms with E-state index in [1.54, 1.807) is 0 Å². The number of hydrogen-bond acceptors (Lipinski definition) is 24. The van der Waals surface area contributed by atoms with E-state index in [0.29, 0.717) is 0 Å². The van der Waals surface area contributed by atoms with Gasteiger partial charge in [0.05, 0.1) is 44.1 Å². The lowest BCUT2D eigenvalue weighted by atomic mass is 9.94. The number of rotatable bonds is 11. The first-order chi connectivity index (χ1) is 25.4. The molecular weight excluding hydrogens is 740 g/mol. The van der Waals surface area contributed by atoms with Crippen LogP contribution in [0.1, 0.15) is 13.8 Å². The van der Waals surface area contributed by atoms with Crippen molar-refractivity contribution in [2.45, 2.75) is 167 Å². The van der Waals surface area contributed by atoms with Crippen molar-refractivity contribution >= 4 is 0 Å². The smallest absolute Gasteiger partial charge is 0.187 e. The standard InChI is InChI=1S/C30H54N2O22/c1-6-13(36)17(40)20(43)28(46-6)53-24-12(32)27(52-23-11(31)26(45)48-9(4-34)16(23)39)50-10(5-35)22(24)51-30-25(19(42)15(38)8(3-33)49-30)54-29-21(44)18(41)14(37)7(2)47-29/h6-30,33-45H,3-5,31-32H2,1-2H3/t6?,7?,8?,9?,10?,11?,12?,13?,14-,15?,16?,17-,18?,19+,20?,21+,22?,23-,24-,25?,26+,27+,28+,29?,30+/m1/s1. The van der Waals surface area contributed by atoms with Gasteiger partial charge in [0.2, 0.25) is 0 Å². The quantitative estimate of drug-likeness (QED) is 0.0923. The minimum atomic E-state index is -1.96. The van der Waals surface area contributed by atoms with Crippen LogP contribution in [0.4, 0.5) is 0 Å². The summed E-state index contributed by atoms with van der Waals surface area (Å²) in [4.78, 5) is 0. The third-order valence-electron chi connectivity index (χ3n) is 10.4. The van der Waals surface area contributed by atoms with Gasteiger partial charge in [-0.2, -0.15) is 0 Å². The Morgan fingerprint density at radius 3 is 1.35 bits per heavy atom. The molecule has 54 heavy (non-hydrogen) atoms. The summed E-state index contributed by atoms with van der Waals surface area (Å²) in [5, 5.41) is 136. The van der Waals surface area contributed by atoms with E-state index in [2.05, 4.69) is 0 Å². The van der Waals surface area contributed by atoms with Gasteiger partial charge >= 0.3 is 0 Å². The molecule has 0 aromatic heterocycles.